The van der Waals surface area contributed by atoms with Gasteiger partial charge in [-0.25, -0.2) is 5.10 Å². The molecule has 0 aliphatic heterocycles. The van der Waals surface area contributed by atoms with Gasteiger partial charge in [0.05, 0.1) is 0 Å². The summed E-state index contributed by atoms with van der Waals surface area (Å²) in [5, 5.41) is 16.4. The number of amides is 1. The average Bonchev–Trinajstić information content (AvgIpc) is 2.90. The molecule has 0 bridgehead atoms. The number of carbonyl (C=O) groups is 1. The van der Waals surface area contributed by atoms with E-state index in [4.69, 9.17) is 0 Å². The van der Waals surface area contributed by atoms with E-state index < -0.39 is 0 Å². The van der Waals surface area contributed by atoms with Crippen molar-refractivity contribution in [3.05, 3.63) is 24.3 Å². The highest BCUT2D eigenvalue weighted by Gasteiger charge is 2.05. The SMILES string of the molecule is CCCCC(=O)Nc1cccc(-c2nnn[nH]2)c1. The lowest BCUT2D eigenvalue weighted by molar-refractivity contribution is -0.116. The fraction of sp³-hybridized carbons (Fsp3) is 0.333. The van der Waals surface area contributed by atoms with Crippen molar-refractivity contribution >= 4 is 11.6 Å². The molecule has 0 aliphatic rings. The molecule has 1 amide bonds. The minimum atomic E-state index is 0.0321. The predicted octanol–water partition coefficient (Wildman–Crippen LogP) is 2.00. The number of aromatic amines is 1. The van der Waals surface area contributed by atoms with Crippen molar-refractivity contribution < 1.29 is 4.79 Å². The molecule has 0 spiro atoms. The van der Waals surface area contributed by atoms with Gasteiger partial charge in [0.2, 0.25) is 5.91 Å². The van der Waals surface area contributed by atoms with Crippen LogP contribution in [-0.2, 0) is 4.79 Å². The summed E-state index contributed by atoms with van der Waals surface area (Å²) in [6, 6.07) is 7.42. The van der Waals surface area contributed by atoms with Gasteiger partial charge in [-0.15, -0.1) is 5.10 Å². The second kappa shape index (κ2) is 5.90. The number of nitrogens with one attached hydrogen (secondary N) is 2. The number of aromatic nitrogens is 4. The first-order valence-corrected chi connectivity index (χ1v) is 5.93. The molecule has 1 aromatic heterocycles. The van der Waals surface area contributed by atoms with Crippen LogP contribution in [0.5, 0.6) is 0 Å². The van der Waals surface area contributed by atoms with Gasteiger partial charge in [-0.3, -0.25) is 4.79 Å². The van der Waals surface area contributed by atoms with E-state index in [0.717, 1.165) is 24.1 Å². The van der Waals surface area contributed by atoms with Gasteiger partial charge in [-0.05, 0) is 29.0 Å². The Kier molecular flexibility index (Phi) is 4.01. The molecule has 1 heterocycles. The third-order valence-corrected chi connectivity index (χ3v) is 2.52. The smallest absolute Gasteiger partial charge is 0.224 e. The molecular formula is C12H15N5O. The standard InChI is InChI=1S/C12H15N5O/c1-2-3-7-11(18)13-10-6-4-5-9(8-10)12-14-16-17-15-12/h4-6,8H,2-3,7H2,1H3,(H,13,18)(H,14,15,16,17). The van der Waals surface area contributed by atoms with E-state index in [9.17, 15) is 4.79 Å². The Balaban J connectivity index is 2.06. The van der Waals surface area contributed by atoms with Crippen molar-refractivity contribution in [2.75, 3.05) is 5.32 Å². The molecule has 2 aromatic rings. The summed E-state index contributed by atoms with van der Waals surface area (Å²) in [4.78, 5) is 11.6. The van der Waals surface area contributed by atoms with E-state index >= 15 is 0 Å². The minimum Gasteiger partial charge on any atom is -0.326 e. The van der Waals surface area contributed by atoms with Crippen LogP contribution >= 0.6 is 0 Å². The second-order valence-electron chi connectivity index (χ2n) is 3.98. The number of hydrogen-bond donors (Lipinski definition) is 2. The Morgan fingerprint density at radius 3 is 3.06 bits per heavy atom. The molecule has 0 fully saturated rings. The van der Waals surface area contributed by atoms with Gasteiger partial charge >= 0.3 is 0 Å². The number of unbranched alkanes of at least 4 members (excludes halogenated alkanes) is 1. The Morgan fingerprint density at radius 1 is 1.44 bits per heavy atom. The van der Waals surface area contributed by atoms with E-state index in [1.54, 1.807) is 0 Å². The Hall–Kier alpha value is -2.24. The normalized spacial score (nSPS) is 10.3. The number of anilines is 1. The van der Waals surface area contributed by atoms with Crippen molar-refractivity contribution in [1.29, 1.82) is 0 Å². The lowest BCUT2D eigenvalue weighted by Gasteiger charge is -2.05. The summed E-state index contributed by atoms with van der Waals surface area (Å²) < 4.78 is 0. The van der Waals surface area contributed by atoms with Crippen molar-refractivity contribution in [3.63, 3.8) is 0 Å². The first-order chi connectivity index (χ1) is 8.79. The quantitative estimate of drug-likeness (QED) is 0.843. The molecule has 2 N–H and O–H groups in total. The maximum Gasteiger partial charge on any atom is 0.224 e. The summed E-state index contributed by atoms with van der Waals surface area (Å²) in [5.41, 5.74) is 1.60. The number of benzene rings is 1. The zero-order valence-electron chi connectivity index (χ0n) is 10.2. The first kappa shape index (κ1) is 12.2. The zero-order chi connectivity index (χ0) is 12.8. The third kappa shape index (κ3) is 3.13. The van der Waals surface area contributed by atoms with E-state index in [1.165, 1.54) is 0 Å². The maximum atomic E-state index is 11.6. The lowest BCUT2D eigenvalue weighted by Crippen LogP contribution is -2.10. The fourth-order valence-electron chi connectivity index (χ4n) is 1.59. The van der Waals surface area contributed by atoms with Gasteiger partial charge in [-0.1, -0.05) is 25.5 Å². The summed E-state index contributed by atoms with van der Waals surface area (Å²) in [7, 11) is 0. The number of H-pyrrole nitrogens is 1. The van der Waals surface area contributed by atoms with Crippen LogP contribution in [0, 0.1) is 0 Å². The molecule has 6 heteroatoms. The molecule has 0 radical (unpaired) electrons. The monoisotopic (exact) mass is 245 g/mol. The van der Waals surface area contributed by atoms with E-state index in [2.05, 4.69) is 32.9 Å². The van der Waals surface area contributed by atoms with E-state index in [0.29, 0.717) is 12.2 Å². The van der Waals surface area contributed by atoms with Gasteiger partial charge < -0.3 is 5.32 Å². The summed E-state index contributed by atoms with van der Waals surface area (Å²) in [5.74, 6) is 0.615. The highest BCUT2D eigenvalue weighted by molar-refractivity contribution is 5.91. The van der Waals surface area contributed by atoms with Crippen LogP contribution in [0.15, 0.2) is 24.3 Å². The van der Waals surface area contributed by atoms with E-state index in [1.807, 2.05) is 24.3 Å². The average molecular weight is 245 g/mol. The molecule has 1 aromatic carbocycles. The summed E-state index contributed by atoms with van der Waals surface area (Å²) in [6.07, 6.45) is 2.46. The van der Waals surface area contributed by atoms with Crippen LogP contribution < -0.4 is 5.32 Å². The number of tetrazole rings is 1. The van der Waals surface area contributed by atoms with Crippen LogP contribution in [0.2, 0.25) is 0 Å². The topological polar surface area (TPSA) is 83.6 Å². The minimum absolute atomic E-state index is 0.0321. The molecule has 0 unspecified atom stereocenters. The van der Waals surface area contributed by atoms with Crippen molar-refractivity contribution in [3.8, 4) is 11.4 Å². The van der Waals surface area contributed by atoms with Crippen LogP contribution in [0.1, 0.15) is 26.2 Å². The lowest BCUT2D eigenvalue weighted by atomic mass is 10.2. The van der Waals surface area contributed by atoms with Crippen LogP contribution in [0.25, 0.3) is 11.4 Å². The highest BCUT2D eigenvalue weighted by atomic mass is 16.1. The number of hydrogen-bond acceptors (Lipinski definition) is 4. The van der Waals surface area contributed by atoms with Gasteiger partial charge in [0.15, 0.2) is 5.82 Å². The Morgan fingerprint density at radius 2 is 2.33 bits per heavy atom. The molecule has 18 heavy (non-hydrogen) atoms. The number of carbonyl (C=O) groups excluding carboxylic acids is 1. The van der Waals surface area contributed by atoms with Crippen LogP contribution in [0.4, 0.5) is 5.69 Å². The second-order valence-corrected chi connectivity index (χ2v) is 3.98. The molecular weight excluding hydrogens is 230 g/mol. The van der Waals surface area contributed by atoms with Gasteiger partial charge in [0.25, 0.3) is 0 Å². The Bertz CT molecular complexity index is 509. The largest absolute Gasteiger partial charge is 0.326 e. The van der Waals surface area contributed by atoms with Gasteiger partial charge in [-0.2, -0.15) is 0 Å². The molecule has 0 aliphatic carbocycles. The van der Waals surface area contributed by atoms with Crippen molar-refractivity contribution in [2.24, 2.45) is 0 Å². The summed E-state index contributed by atoms with van der Waals surface area (Å²) >= 11 is 0. The van der Waals surface area contributed by atoms with Gasteiger partial charge in [0.1, 0.15) is 0 Å². The predicted molar refractivity (Wildman–Crippen MR) is 67.8 cm³/mol. The number of rotatable bonds is 5. The van der Waals surface area contributed by atoms with Crippen LogP contribution in [0.3, 0.4) is 0 Å². The van der Waals surface area contributed by atoms with E-state index in [-0.39, 0.29) is 5.91 Å². The van der Waals surface area contributed by atoms with Crippen molar-refractivity contribution in [2.45, 2.75) is 26.2 Å². The highest BCUT2D eigenvalue weighted by Crippen LogP contribution is 2.18. The van der Waals surface area contributed by atoms with Gasteiger partial charge in [0, 0.05) is 17.7 Å². The molecule has 94 valence electrons. The molecule has 0 saturated heterocycles. The third-order valence-electron chi connectivity index (χ3n) is 2.52. The molecule has 0 saturated carbocycles. The molecule has 6 nitrogen and oxygen atoms in total. The zero-order valence-corrected chi connectivity index (χ0v) is 10.2. The summed E-state index contributed by atoms with van der Waals surface area (Å²) in [6.45, 7) is 2.06. The molecule has 0 atom stereocenters. The number of nitrogens with zero attached hydrogens (tertiary/aromatic N) is 3. The maximum absolute atomic E-state index is 11.6. The fourth-order valence-corrected chi connectivity index (χ4v) is 1.59. The van der Waals surface area contributed by atoms with Crippen molar-refractivity contribution in [1.82, 2.24) is 20.6 Å². The van der Waals surface area contributed by atoms with Crippen LogP contribution in [-0.4, -0.2) is 26.5 Å². The molecule has 2 rings (SSSR count). The Labute approximate surface area is 105 Å². The first-order valence-electron chi connectivity index (χ1n) is 5.93.